The number of benzene rings is 1. The molecule has 0 spiro atoms. The number of nitrogens with zero attached hydrogens (tertiary/aromatic N) is 6. The summed E-state index contributed by atoms with van der Waals surface area (Å²) in [6.45, 7) is 1.81. The van der Waals surface area contributed by atoms with Crippen LogP contribution in [0.15, 0.2) is 42.7 Å². The predicted octanol–water partition coefficient (Wildman–Crippen LogP) is 1.78. The molecule has 3 aromatic heterocycles. The standard InChI is InChI=1S/C20H17FN8O3/c1-11(30)22-7-14-9-29(20(31)32-14)13-3-4-15(16(21)6-13)12-2-5-18-23-17(10-28(18)8-12)19-24-26-27-25-19/h2-6,8,10,14H,7,9H2,1H3,(H,22,30)(H,24,25,26,27)/t14-/m0/s1. The highest BCUT2D eigenvalue weighted by Crippen LogP contribution is 2.29. The molecule has 0 aliphatic carbocycles. The lowest BCUT2D eigenvalue weighted by Gasteiger charge is -2.14. The lowest BCUT2D eigenvalue weighted by molar-refractivity contribution is -0.119. The molecule has 1 aliphatic rings. The summed E-state index contributed by atoms with van der Waals surface area (Å²) in [5.74, 6) is -0.340. The third kappa shape index (κ3) is 3.62. The van der Waals surface area contributed by atoms with Crippen LogP contribution in [0.25, 0.3) is 28.3 Å². The molecule has 4 aromatic rings. The number of H-pyrrole nitrogens is 1. The van der Waals surface area contributed by atoms with Crippen LogP contribution >= 0.6 is 0 Å². The van der Waals surface area contributed by atoms with Crippen LogP contribution in [0, 0.1) is 5.82 Å². The monoisotopic (exact) mass is 436 g/mol. The number of aromatic nitrogens is 6. The van der Waals surface area contributed by atoms with Crippen LogP contribution < -0.4 is 10.2 Å². The van der Waals surface area contributed by atoms with Gasteiger partial charge >= 0.3 is 6.09 Å². The van der Waals surface area contributed by atoms with Crippen molar-refractivity contribution in [3.63, 3.8) is 0 Å². The second-order valence-corrected chi connectivity index (χ2v) is 7.26. The molecule has 0 bridgehead atoms. The Hall–Kier alpha value is -4.35. The Balaban J connectivity index is 1.39. The predicted molar refractivity (Wildman–Crippen MR) is 110 cm³/mol. The Morgan fingerprint density at radius 2 is 2.19 bits per heavy atom. The molecule has 11 nitrogen and oxygen atoms in total. The molecule has 2 amide bonds. The number of imidazole rings is 1. The van der Waals surface area contributed by atoms with E-state index in [9.17, 15) is 9.59 Å². The maximum Gasteiger partial charge on any atom is 0.414 e. The summed E-state index contributed by atoms with van der Waals surface area (Å²) in [7, 11) is 0. The van der Waals surface area contributed by atoms with Crippen molar-refractivity contribution in [2.45, 2.75) is 13.0 Å². The van der Waals surface area contributed by atoms with Gasteiger partial charge in [0, 0.05) is 30.4 Å². The molecule has 1 atom stereocenters. The SMILES string of the molecule is CC(=O)NC[C@H]1CN(c2ccc(-c3ccc4nc(-c5nn[nH]n5)cn4c3)c(F)c2)C(=O)O1. The van der Waals surface area contributed by atoms with E-state index < -0.39 is 18.0 Å². The summed E-state index contributed by atoms with van der Waals surface area (Å²) in [6.07, 6.45) is 2.40. The number of halogens is 1. The van der Waals surface area contributed by atoms with E-state index in [4.69, 9.17) is 4.74 Å². The van der Waals surface area contributed by atoms with Crippen molar-refractivity contribution in [2.75, 3.05) is 18.0 Å². The molecule has 1 fully saturated rings. The van der Waals surface area contributed by atoms with E-state index in [0.717, 1.165) is 0 Å². The van der Waals surface area contributed by atoms with Crippen LogP contribution in [-0.4, -0.2) is 61.2 Å². The van der Waals surface area contributed by atoms with Crippen LogP contribution in [-0.2, 0) is 9.53 Å². The van der Waals surface area contributed by atoms with Crippen molar-refractivity contribution in [3.8, 4) is 22.6 Å². The summed E-state index contributed by atoms with van der Waals surface area (Å²) in [5, 5.41) is 16.3. The smallest absolute Gasteiger partial charge is 0.414 e. The van der Waals surface area contributed by atoms with Gasteiger partial charge in [0.1, 0.15) is 23.3 Å². The molecule has 1 aromatic carbocycles. The zero-order valence-corrected chi connectivity index (χ0v) is 16.8. The van der Waals surface area contributed by atoms with Gasteiger partial charge in [0.25, 0.3) is 0 Å². The Morgan fingerprint density at radius 1 is 1.31 bits per heavy atom. The van der Waals surface area contributed by atoms with Crippen LogP contribution in [0.1, 0.15) is 6.92 Å². The van der Waals surface area contributed by atoms with Crippen molar-refractivity contribution < 1.29 is 18.7 Å². The summed E-state index contributed by atoms with van der Waals surface area (Å²) in [6, 6.07) is 8.07. The Kier molecular flexibility index (Phi) is 4.73. The number of amides is 2. The van der Waals surface area contributed by atoms with Gasteiger partial charge in [0.15, 0.2) is 0 Å². The number of hydrogen-bond acceptors (Lipinski definition) is 7. The van der Waals surface area contributed by atoms with Gasteiger partial charge in [0.05, 0.1) is 18.8 Å². The Morgan fingerprint density at radius 3 is 2.94 bits per heavy atom. The highest BCUT2D eigenvalue weighted by atomic mass is 19.1. The van der Waals surface area contributed by atoms with Gasteiger partial charge < -0.3 is 14.5 Å². The molecular formula is C20H17FN8O3. The number of ether oxygens (including phenoxy) is 1. The molecule has 162 valence electrons. The number of tetrazole rings is 1. The molecular weight excluding hydrogens is 419 g/mol. The van der Waals surface area contributed by atoms with E-state index in [1.165, 1.54) is 17.9 Å². The van der Waals surface area contributed by atoms with Crippen molar-refractivity contribution in [1.29, 1.82) is 0 Å². The van der Waals surface area contributed by atoms with Gasteiger partial charge in [-0.05, 0) is 35.5 Å². The second kappa shape index (κ2) is 7.72. The summed E-state index contributed by atoms with van der Waals surface area (Å²) < 4.78 is 22.0. The first-order valence-corrected chi connectivity index (χ1v) is 9.73. The minimum atomic E-state index is -0.582. The second-order valence-electron chi connectivity index (χ2n) is 7.26. The summed E-state index contributed by atoms with van der Waals surface area (Å²) in [4.78, 5) is 29.0. The number of hydrogen-bond donors (Lipinski definition) is 2. The minimum Gasteiger partial charge on any atom is -0.442 e. The third-order valence-corrected chi connectivity index (χ3v) is 5.05. The fourth-order valence-electron chi connectivity index (χ4n) is 3.53. The molecule has 4 heterocycles. The highest BCUT2D eigenvalue weighted by molar-refractivity contribution is 5.90. The molecule has 1 aliphatic heterocycles. The van der Waals surface area contributed by atoms with Gasteiger partial charge in [-0.2, -0.15) is 5.21 Å². The molecule has 1 saturated heterocycles. The molecule has 0 radical (unpaired) electrons. The normalized spacial score (nSPS) is 15.9. The molecule has 0 unspecified atom stereocenters. The number of nitrogens with one attached hydrogen (secondary N) is 2. The lowest BCUT2D eigenvalue weighted by Crippen LogP contribution is -2.33. The van der Waals surface area contributed by atoms with Crippen LogP contribution in [0.3, 0.4) is 0 Å². The number of aromatic amines is 1. The molecule has 0 saturated carbocycles. The number of cyclic esters (lactones) is 1. The van der Waals surface area contributed by atoms with E-state index in [0.29, 0.717) is 34.0 Å². The highest BCUT2D eigenvalue weighted by Gasteiger charge is 2.32. The first-order valence-electron chi connectivity index (χ1n) is 9.73. The van der Waals surface area contributed by atoms with E-state index >= 15 is 4.39 Å². The van der Waals surface area contributed by atoms with Crippen molar-refractivity contribution in [3.05, 3.63) is 48.5 Å². The largest absolute Gasteiger partial charge is 0.442 e. The molecule has 5 rings (SSSR count). The van der Waals surface area contributed by atoms with Crippen LogP contribution in [0.5, 0.6) is 0 Å². The van der Waals surface area contributed by atoms with E-state index in [1.807, 2.05) is 0 Å². The number of carbonyl (C=O) groups excluding carboxylic acids is 2. The maximum absolute atomic E-state index is 15.0. The van der Waals surface area contributed by atoms with E-state index in [1.54, 1.807) is 41.1 Å². The van der Waals surface area contributed by atoms with E-state index in [-0.39, 0.29) is 19.0 Å². The number of pyridine rings is 1. The Labute approximate surface area is 180 Å². The van der Waals surface area contributed by atoms with Crippen molar-refractivity contribution in [2.24, 2.45) is 0 Å². The quantitative estimate of drug-likeness (QED) is 0.488. The van der Waals surface area contributed by atoms with Crippen LogP contribution in [0.2, 0.25) is 0 Å². The van der Waals surface area contributed by atoms with E-state index in [2.05, 4.69) is 30.9 Å². The van der Waals surface area contributed by atoms with Crippen molar-refractivity contribution >= 4 is 23.3 Å². The zero-order chi connectivity index (χ0) is 22.2. The number of fused-ring (bicyclic) bond motifs is 1. The number of rotatable bonds is 5. The maximum atomic E-state index is 15.0. The lowest BCUT2D eigenvalue weighted by atomic mass is 10.1. The first-order chi connectivity index (χ1) is 15.5. The molecule has 12 heteroatoms. The van der Waals surface area contributed by atoms with Crippen molar-refractivity contribution in [1.82, 2.24) is 35.3 Å². The summed E-state index contributed by atoms with van der Waals surface area (Å²) in [5.41, 5.74) is 2.56. The van der Waals surface area contributed by atoms with Gasteiger partial charge in [-0.3, -0.25) is 9.69 Å². The average molecular weight is 436 g/mol. The van der Waals surface area contributed by atoms with Gasteiger partial charge in [0.2, 0.25) is 11.7 Å². The first kappa shape index (κ1) is 19.6. The number of carbonyl (C=O) groups is 2. The minimum absolute atomic E-state index is 0.203. The molecule has 2 N–H and O–H groups in total. The van der Waals surface area contributed by atoms with Gasteiger partial charge in [-0.1, -0.05) is 0 Å². The third-order valence-electron chi connectivity index (χ3n) is 5.05. The number of anilines is 1. The zero-order valence-electron chi connectivity index (χ0n) is 16.8. The average Bonchev–Trinajstić information content (AvgIpc) is 3.51. The molecule has 32 heavy (non-hydrogen) atoms. The summed E-state index contributed by atoms with van der Waals surface area (Å²) >= 11 is 0. The topological polar surface area (TPSA) is 130 Å². The van der Waals surface area contributed by atoms with Gasteiger partial charge in [-0.15, -0.1) is 10.2 Å². The fraction of sp³-hybridized carbons (Fsp3) is 0.200. The fourth-order valence-corrected chi connectivity index (χ4v) is 3.53. The van der Waals surface area contributed by atoms with Crippen LogP contribution in [0.4, 0.5) is 14.9 Å². The van der Waals surface area contributed by atoms with Gasteiger partial charge in [-0.25, -0.2) is 14.2 Å². The Bertz CT molecular complexity index is 1320.